The van der Waals surface area contributed by atoms with Crippen LogP contribution >= 0.6 is 11.8 Å². The summed E-state index contributed by atoms with van der Waals surface area (Å²) in [5, 5.41) is 4.34. The van der Waals surface area contributed by atoms with Crippen molar-refractivity contribution in [3.8, 4) is 5.75 Å². The first-order chi connectivity index (χ1) is 8.72. The van der Waals surface area contributed by atoms with E-state index in [1.54, 1.807) is 31.0 Å². The monoisotopic (exact) mass is 268 g/mol. The number of thioether (sulfide) groups is 1. The Hall–Kier alpha value is -1.23. The molecule has 1 aliphatic rings. The summed E-state index contributed by atoms with van der Waals surface area (Å²) in [6.07, 6.45) is 2.29. The van der Waals surface area contributed by atoms with Crippen LogP contribution in [0.1, 0.15) is 19.8 Å². The quantitative estimate of drug-likeness (QED) is 0.907. The summed E-state index contributed by atoms with van der Waals surface area (Å²) in [4.78, 5) is 4.39. The molecule has 1 aliphatic heterocycles. The van der Waals surface area contributed by atoms with Gasteiger partial charge in [-0.3, -0.25) is 4.99 Å². The van der Waals surface area contributed by atoms with Crippen molar-refractivity contribution in [2.24, 2.45) is 4.99 Å². The molecule has 0 saturated heterocycles. The second-order valence-corrected chi connectivity index (χ2v) is 5.43. The molecule has 1 aromatic carbocycles. The standard InChI is InChI=1S/C13H17FN2OS/c1-3-4-10-8-15-13(18-10)16-12-7-9(17-2)5-6-11(12)14/h5-7,10H,3-4,8H2,1-2H3,(H,15,16). The van der Waals surface area contributed by atoms with Crippen molar-refractivity contribution in [2.45, 2.75) is 25.0 Å². The number of hydrogen-bond donors (Lipinski definition) is 1. The van der Waals surface area contributed by atoms with Gasteiger partial charge in [-0.15, -0.1) is 0 Å². The van der Waals surface area contributed by atoms with Gasteiger partial charge in [0.1, 0.15) is 11.6 Å². The fourth-order valence-corrected chi connectivity index (χ4v) is 2.94. The van der Waals surface area contributed by atoms with Crippen LogP contribution < -0.4 is 10.1 Å². The third-order valence-electron chi connectivity index (χ3n) is 2.74. The Kier molecular flexibility index (Phi) is 4.47. The molecule has 2 rings (SSSR count). The molecule has 0 aliphatic carbocycles. The number of hydrogen-bond acceptors (Lipinski definition) is 4. The van der Waals surface area contributed by atoms with E-state index < -0.39 is 0 Å². The average molecular weight is 268 g/mol. The van der Waals surface area contributed by atoms with Gasteiger partial charge in [-0.2, -0.15) is 0 Å². The van der Waals surface area contributed by atoms with Gasteiger partial charge in [-0.25, -0.2) is 4.39 Å². The van der Waals surface area contributed by atoms with Crippen molar-refractivity contribution < 1.29 is 9.13 Å². The summed E-state index contributed by atoms with van der Waals surface area (Å²) in [6, 6.07) is 4.64. The van der Waals surface area contributed by atoms with Crippen LogP contribution in [0.2, 0.25) is 0 Å². The molecule has 1 aromatic rings. The van der Waals surface area contributed by atoms with E-state index in [9.17, 15) is 4.39 Å². The minimum atomic E-state index is -0.293. The molecule has 3 nitrogen and oxygen atoms in total. The molecule has 1 N–H and O–H groups in total. The lowest BCUT2D eigenvalue weighted by atomic mass is 10.2. The van der Waals surface area contributed by atoms with E-state index >= 15 is 0 Å². The first-order valence-corrected chi connectivity index (χ1v) is 6.92. The van der Waals surface area contributed by atoms with Gasteiger partial charge in [-0.1, -0.05) is 25.1 Å². The number of methoxy groups -OCH3 is 1. The van der Waals surface area contributed by atoms with E-state index in [-0.39, 0.29) is 5.82 Å². The molecule has 18 heavy (non-hydrogen) atoms. The maximum absolute atomic E-state index is 13.6. The molecule has 1 unspecified atom stereocenters. The highest BCUT2D eigenvalue weighted by Crippen LogP contribution is 2.28. The van der Waals surface area contributed by atoms with Crippen molar-refractivity contribution in [2.75, 3.05) is 19.0 Å². The van der Waals surface area contributed by atoms with Crippen LogP contribution in [0.25, 0.3) is 0 Å². The van der Waals surface area contributed by atoms with Gasteiger partial charge in [0.25, 0.3) is 0 Å². The summed E-state index contributed by atoms with van der Waals surface area (Å²) in [5.41, 5.74) is 0.415. The van der Waals surface area contributed by atoms with Gasteiger partial charge in [0.15, 0.2) is 5.17 Å². The maximum Gasteiger partial charge on any atom is 0.161 e. The average Bonchev–Trinajstić information content (AvgIpc) is 2.80. The number of rotatable bonds is 4. The van der Waals surface area contributed by atoms with Gasteiger partial charge in [0, 0.05) is 11.3 Å². The molecule has 0 radical (unpaired) electrons. The summed E-state index contributed by atoms with van der Waals surface area (Å²) < 4.78 is 18.7. The van der Waals surface area contributed by atoms with Crippen molar-refractivity contribution in [1.82, 2.24) is 0 Å². The third kappa shape index (κ3) is 3.16. The van der Waals surface area contributed by atoms with Crippen LogP contribution in [0, 0.1) is 5.82 Å². The smallest absolute Gasteiger partial charge is 0.161 e. The van der Waals surface area contributed by atoms with E-state index in [0.717, 1.165) is 24.6 Å². The Morgan fingerprint density at radius 2 is 2.39 bits per heavy atom. The number of halogens is 1. The van der Waals surface area contributed by atoms with Crippen molar-refractivity contribution in [3.63, 3.8) is 0 Å². The Bertz CT molecular complexity index is 451. The predicted octanol–water partition coefficient (Wildman–Crippen LogP) is 3.52. The van der Waals surface area contributed by atoms with Crippen LogP contribution in [0.15, 0.2) is 23.2 Å². The first kappa shape index (κ1) is 13.2. The molecule has 1 atom stereocenters. The molecule has 0 aromatic heterocycles. The fourth-order valence-electron chi connectivity index (χ4n) is 1.80. The number of nitrogens with zero attached hydrogens (tertiary/aromatic N) is 1. The van der Waals surface area contributed by atoms with Crippen molar-refractivity contribution >= 4 is 22.6 Å². The normalized spacial score (nSPS) is 18.6. The van der Waals surface area contributed by atoms with Crippen LogP contribution in [0.4, 0.5) is 10.1 Å². The minimum absolute atomic E-state index is 0.293. The van der Waals surface area contributed by atoms with Gasteiger partial charge in [-0.05, 0) is 18.6 Å². The van der Waals surface area contributed by atoms with E-state index in [2.05, 4.69) is 17.2 Å². The van der Waals surface area contributed by atoms with Crippen LogP contribution in [-0.4, -0.2) is 24.1 Å². The maximum atomic E-state index is 13.6. The number of nitrogens with one attached hydrogen (secondary N) is 1. The van der Waals surface area contributed by atoms with Gasteiger partial charge in [0.2, 0.25) is 0 Å². The molecular formula is C13H17FN2OS. The molecule has 0 spiro atoms. The van der Waals surface area contributed by atoms with Gasteiger partial charge < -0.3 is 10.1 Å². The zero-order valence-electron chi connectivity index (χ0n) is 10.6. The number of ether oxygens (including phenoxy) is 1. The van der Waals surface area contributed by atoms with E-state index in [1.807, 2.05) is 0 Å². The second-order valence-electron chi connectivity index (χ2n) is 4.15. The molecule has 0 amide bonds. The molecule has 0 fully saturated rings. The van der Waals surface area contributed by atoms with Gasteiger partial charge in [0.05, 0.1) is 19.3 Å². The second kappa shape index (κ2) is 6.09. The highest BCUT2D eigenvalue weighted by molar-refractivity contribution is 8.15. The molecule has 1 heterocycles. The number of amidine groups is 1. The summed E-state index contributed by atoms with van der Waals surface area (Å²) in [7, 11) is 1.57. The topological polar surface area (TPSA) is 33.6 Å². The number of benzene rings is 1. The molecule has 5 heteroatoms. The van der Waals surface area contributed by atoms with Crippen molar-refractivity contribution in [3.05, 3.63) is 24.0 Å². The van der Waals surface area contributed by atoms with Crippen molar-refractivity contribution in [1.29, 1.82) is 0 Å². The Balaban J connectivity index is 2.02. The zero-order chi connectivity index (χ0) is 13.0. The van der Waals surface area contributed by atoms with Crippen LogP contribution in [0.3, 0.4) is 0 Å². The lowest BCUT2D eigenvalue weighted by molar-refractivity contribution is 0.414. The zero-order valence-corrected chi connectivity index (χ0v) is 11.4. The Morgan fingerprint density at radius 1 is 1.56 bits per heavy atom. The highest BCUT2D eigenvalue weighted by Gasteiger charge is 2.19. The number of anilines is 1. The van der Waals surface area contributed by atoms with E-state index in [1.165, 1.54) is 6.07 Å². The molecule has 0 saturated carbocycles. The Labute approximate surface area is 111 Å². The van der Waals surface area contributed by atoms with E-state index in [4.69, 9.17) is 4.74 Å². The predicted molar refractivity (Wildman–Crippen MR) is 75.2 cm³/mol. The van der Waals surface area contributed by atoms with E-state index in [0.29, 0.717) is 16.7 Å². The highest BCUT2D eigenvalue weighted by atomic mass is 32.2. The van der Waals surface area contributed by atoms with Crippen LogP contribution in [-0.2, 0) is 0 Å². The third-order valence-corrected chi connectivity index (χ3v) is 3.92. The van der Waals surface area contributed by atoms with Crippen LogP contribution in [0.5, 0.6) is 5.75 Å². The fraction of sp³-hybridized carbons (Fsp3) is 0.462. The van der Waals surface area contributed by atoms with Gasteiger partial charge >= 0.3 is 0 Å². The SMILES string of the molecule is CCCC1CN=C(Nc2cc(OC)ccc2F)S1. The Morgan fingerprint density at radius 3 is 3.11 bits per heavy atom. The summed E-state index contributed by atoms with van der Waals surface area (Å²) >= 11 is 1.68. The summed E-state index contributed by atoms with van der Waals surface area (Å²) in [6.45, 7) is 2.97. The summed E-state index contributed by atoms with van der Waals surface area (Å²) in [5.74, 6) is 0.339. The molecular weight excluding hydrogens is 251 g/mol. The minimum Gasteiger partial charge on any atom is -0.497 e. The number of aliphatic imine (C=N–C) groups is 1. The lowest BCUT2D eigenvalue weighted by Gasteiger charge is -2.10. The molecule has 98 valence electrons. The first-order valence-electron chi connectivity index (χ1n) is 6.04. The lowest BCUT2D eigenvalue weighted by Crippen LogP contribution is -2.08. The molecule has 0 bridgehead atoms. The largest absolute Gasteiger partial charge is 0.497 e.